The Morgan fingerprint density at radius 1 is 0.848 bits per heavy atom. The molecule has 1 heterocycles. The summed E-state index contributed by atoms with van der Waals surface area (Å²) in [7, 11) is 0. The fourth-order valence-electron chi connectivity index (χ4n) is 4.93. The van der Waals surface area contributed by atoms with Crippen LogP contribution >= 0.6 is 0 Å². The summed E-state index contributed by atoms with van der Waals surface area (Å²) < 4.78 is 77.3. The van der Waals surface area contributed by atoms with Crippen molar-refractivity contribution >= 4 is 5.97 Å². The van der Waals surface area contributed by atoms with E-state index in [0.29, 0.717) is 38.0 Å². The maximum Gasteiger partial charge on any atom is 0.416 e. The first-order valence-corrected chi connectivity index (χ1v) is 10.7. The molecule has 1 unspecified atom stereocenters. The Hall–Kier alpha value is -2.55. The van der Waals surface area contributed by atoms with E-state index in [1.165, 1.54) is 24.3 Å². The first-order chi connectivity index (χ1) is 15.4. The number of likely N-dealkylation sites (tertiary alicyclic amines) is 1. The third-order valence-corrected chi connectivity index (χ3v) is 6.72. The van der Waals surface area contributed by atoms with Gasteiger partial charge in [0, 0.05) is 19.6 Å². The van der Waals surface area contributed by atoms with E-state index in [-0.39, 0.29) is 17.8 Å². The number of carboxylic acids is 1. The van der Waals surface area contributed by atoms with Crippen LogP contribution in [-0.4, -0.2) is 29.1 Å². The summed E-state index contributed by atoms with van der Waals surface area (Å²) >= 11 is 0. The number of halogens is 6. The van der Waals surface area contributed by atoms with Gasteiger partial charge in [-0.15, -0.1) is 0 Å². The molecule has 2 aliphatic rings. The molecular formula is C24H23F6NO2. The highest BCUT2D eigenvalue weighted by Crippen LogP contribution is 2.49. The van der Waals surface area contributed by atoms with Crippen LogP contribution in [0.4, 0.5) is 26.3 Å². The molecule has 2 fully saturated rings. The van der Waals surface area contributed by atoms with Crippen molar-refractivity contribution in [1.82, 2.24) is 4.90 Å². The van der Waals surface area contributed by atoms with Crippen LogP contribution in [0.5, 0.6) is 0 Å². The van der Waals surface area contributed by atoms with Gasteiger partial charge in [0.1, 0.15) is 0 Å². The molecule has 4 rings (SSSR count). The summed E-state index contributed by atoms with van der Waals surface area (Å²) in [6.07, 6.45) is -7.59. The van der Waals surface area contributed by atoms with E-state index in [1.807, 2.05) is 0 Å². The Morgan fingerprint density at radius 3 is 1.88 bits per heavy atom. The van der Waals surface area contributed by atoms with Gasteiger partial charge in [0.15, 0.2) is 0 Å². The molecule has 2 aromatic carbocycles. The lowest BCUT2D eigenvalue weighted by atomic mass is 9.81. The zero-order chi connectivity index (χ0) is 24.0. The van der Waals surface area contributed by atoms with Crippen molar-refractivity contribution < 1.29 is 36.2 Å². The van der Waals surface area contributed by atoms with Crippen molar-refractivity contribution in [2.45, 2.75) is 37.7 Å². The number of aliphatic carboxylic acids is 1. The average Bonchev–Trinajstić information content (AvgIpc) is 3.54. The highest BCUT2D eigenvalue weighted by molar-refractivity contribution is 5.73. The van der Waals surface area contributed by atoms with E-state index in [4.69, 9.17) is 0 Å². The average molecular weight is 471 g/mol. The molecule has 0 amide bonds. The molecule has 0 bridgehead atoms. The molecule has 2 aromatic rings. The fourth-order valence-corrected chi connectivity index (χ4v) is 4.93. The van der Waals surface area contributed by atoms with E-state index in [2.05, 4.69) is 4.90 Å². The highest BCUT2D eigenvalue weighted by Gasteiger charge is 2.49. The number of benzene rings is 2. The van der Waals surface area contributed by atoms with E-state index in [0.717, 1.165) is 29.8 Å². The minimum atomic E-state index is -4.43. The number of carboxylic acid groups (broad SMARTS) is 1. The van der Waals surface area contributed by atoms with Gasteiger partial charge < -0.3 is 5.11 Å². The second kappa shape index (κ2) is 8.66. The zero-order valence-corrected chi connectivity index (χ0v) is 17.5. The molecule has 1 saturated heterocycles. The van der Waals surface area contributed by atoms with Crippen LogP contribution in [-0.2, 0) is 23.7 Å². The Labute approximate surface area is 187 Å². The monoisotopic (exact) mass is 471 g/mol. The lowest BCUT2D eigenvalue weighted by Crippen LogP contribution is -2.40. The van der Waals surface area contributed by atoms with Crippen LogP contribution in [0.1, 0.15) is 41.0 Å². The summed E-state index contributed by atoms with van der Waals surface area (Å²) in [5.74, 6) is -1.27. The minimum Gasteiger partial charge on any atom is -0.481 e. The summed E-state index contributed by atoms with van der Waals surface area (Å²) in [4.78, 5) is 13.4. The molecule has 1 aliphatic carbocycles. The topological polar surface area (TPSA) is 40.5 Å². The third kappa shape index (κ3) is 5.51. The van der Waals surface area contributed by atoms with Crippen molar-refractivity contribution in [1.29, 1.82) is 0 Å². The molecule has 9 heteroatoms. The molecule has 0 spiro atoms. The van der Waals surface area contributed by atoms with E-state index in [1.54, 1.807) is 0 Å². The van der Waals surface area contributed by atoms with Crippen LogP contribution in [0.3, 0.4) is 0 Å². The number of rotatable bonds is 5. The zero-order valence-electron chi connectivity index (χ0n) is 17.5. The van der Waals surface area contributed by atoms with E-state index >= 15 is 0 Å². The molecular weight excluding hydrogens is 448 g/mol. The second-order valence-corrected chi connectivity index (χ2v) is 9.05. The van der Waals surface area contributed by atoms with Crippen LogP contribution in [0, 0.1) is 17.8 Å². The van der Waals surface area contributed by atoms with Gasteiger partial charge in [-0.05, 0) is 66.0 Å². The number of nitrogens with zero attached hydrogens (tertiary/aromatic N) is 1. The quantitative estimate of drug-likeness (QED) is 0.540. The summed E-state index contributed by atoms with van der Waals surface area (Å²) in [5, 5.41) is 9.32. The fraction of sp³-hybridized carbons (Fsp3) is 0.458. The van der Waals surface area contributed by atoms with Gasteiger partial charge in [-0.2, -0.15) is 26.3 Å². The van der Waals surface area contributed by atoms with Gasteiger partial charge in [0.05, 0.1) is 17.0 Å². The molecule has 0 aromatic heterocycles. The Kier molecular flexibility index (Phi) is 6.20. The third-order valence-electron chi connectivity index (χ3n) is 6.72. The number of hydrogen-bond acceptors (Lipinski definition) is 2. The normalized spacial score (nSPS) is 26.2. The number of alkyl halides is 6. The lowest BCUT2D eigenvalue weighted by Gasteiger charge is -2.38. The van der Waals surface area contributed by atoms with Crippen molar-refractivity contribution in [3.63, 3.8) is 0 Å². The Balaban J connectivity index is 1.52. The molecule has 4 atom stereocenters. The molecule has 0 radical (unpaired) electrons. The number of hydrogen-bond donors (Lipinski definition) is 1. The maximum absolute atomic E-state index is 12.9. The first-order valence-electron chi connectivity index (χ1n) is 10.7. The summed E-state index contributed by atoms with van der Waals surface area (Å²) in [5.41, 5.74) is -0.0147. The molecule has 33 heavy (non-hydrogen) atoms. The molecule has 1 aliphatic heterocycles. The smallest absolute Gasteiger partial charge is 0.416 e. The molecule has 3 nitrogen and oxygen atoms in total. The van der Waals surface area contributed by atoms with Crippen LogP contribution in [0.2, 0.25) is 0 Å². The van der Waals surface area contributed by atoms with Gasteiger partial charge in [-0.25, -0.2) is 0 Å². The first kappa shape index (κ1) is 23.6. The number of carbonyl (C=O) groups is 1. The van der Waals surface area contributed by atoms with E-state index in [9.17, 15) is 36.2 Å². The van der Waals surface area contributed by atoms with Crippen molar-refractivity contribution in [2.24, 2.45) is 17.8 Å². The van der Waals surface area contributed by atoms with Gasteiger partial charge in [-0.3, -0.25) is 9.69 Å². The van der Waals surface area contributed by atoms with Gasteiger partial charge in [0.25, 0.3) is 0 Å². The summed E-state index contributed by atoms with van der Waals surface area (Å²) in [6, 6.07) is 9.96. The van der Waals surface area contributed by atoms with Crippen molar-refractivity contribution in [3.8, 4) is 0 Å². The highest BCUT2D eigenvalue weighted by atomic mass is 19.4. The van der Waals surface area contributed by atoms with Gasteiger partial charge >= 0.3 is 18.3 Å². The Morgan fingerprint density at radius 2 is 1.39 bits per heavy atom. The standard InChI is InChI=1S/C24H23F6NO2/c25-23(26,27)18-5-1-14(2-6-18)11-31-12-16(9-17(13-31)20-10-21(20)22(32)33)15-3-7-19(8-4-15)24(28,29)30/h1-8,16-17,20-21H,9-13H2,(H,32,33)/t16-,17-,20+,21?/m1/s1. The number of piperidine rings is 1. The predicted octanol–water partition coefficient (Wildman–Crippen LogP) is 6.05. The molecule has 1 saturated carbocycles. The van der Waals surface area contributed by atoms with Crippen LogP contribution in [0.15, 0.2) is 48.5 Å². The van der Waals surface area contributed by atoms with Gasteiger partial charge in [0.2, 0.25) is 0 Å². The van der Waals surface area contributed by atoms with Crippen LogP contribution < -0.4 is 0 Å². The predicted molar refractivity (Wildman–Crippen MR) is 108 cm³/mol. The lowest BCUT2D eigenvalue weighted by molar-refractivity contribution is -0.139. The second-order valence-electron chi connectivity index (χ2n) is 9.05. The SMILES string of the molecule is O=C(O)C1C[C@H]1[C@@H]1C[C@@H](c2ccc(C(F)(F)F)cc2)CN(Cc2ccc(C(F)(F)F)cc2)C1. The Bertz CT molecular complexity index is 984. The van der Waals surface area contributed by atoms with Crippen molar-refractivity contribution in [3.05, 3.63) is 70.8 Å². The largest absolute Gasteiger partial charge is 0.481 e. The van der Waals surface area contributed by atoms with Crippen molar-refractivity contribution in [2.75, 3.05) is 13.1 Å². The van der Waals surface area contributed by atoms with E-state index < -0.39 is 35.4 Å². The van der Waals surface area contributed by atoms with Gasteiger partial charge in [-0.1, -0.05) is 24.3 Å². The van der Waals surface area contributed by atoms with Crippen LogP contribution in [0.25, 0.3) is 0 Å². The minimum absolute atomic E-state index is 0.00912. The summed E-state index contributed by atoms with van der Waals surface area (Å²) in [6.45, 7) is 1.52. The molecule has 1 N–H and O–H groups in total. The molecule has 178 valence electrons. The maximum atomic E-state index is 12.9.